The number of methoxy groups -OCH3 is 1. The van der Waals surface area contributed by atoms with E-state index < -0.39 is 17.2 Å². The summed E-state index contributed by atoms with van der Waals surface area (Å²) in [6.45, 7) is 1.83. The van der Waals surface area contributed by atoms with Gasteiger partial charge in [-0.25, -0.2) is 9.18 Å². The molecule has 0 amide bonds. The highest BCUT2D eigenvalue weighted by atomic mass is 35.5. The number of para-hydroxylation sites is 1. The third kappa shape index (κ3) is 4.61. The van der Waals surface area contributed by atoms with Crippen molar-refractivity contribution in [1.82, 2.24) is 0 Å². The average molecular weight is 483 g/mol. The Morgan fingerprint density at radius 2 is 1.88 bits per heavy atom. The maximum absolute atomic E-state index is 13.5. The van der Waals surface area contributed by atoms with Crippen LogP contribution in [0.5, 0.6) is 11.5 Å². The zero-order chi connectivity index (χ0) is 24.2. The molecule has 174 valence electrons. The minimum atomic E-state index is -0.771. The van der Waals surface area contributed by atoms with Gasteiger partial charge in [-0.05, 0) is 37.3 Å². The van der Waals surface area contributed by atoms with Gasteiger partial charge in [0.15, 0.2) is 0 Å². The predicted molar refractivity (Wildman–Crippen MR) is 126 cm³/mol. The van der Waals surface area contributed by atoms with Crippen LogP contribution in [0.25, 0.3) is 22.1 Å². The highest BCUT2D eigenvalue weighted by Crippen LogP contribution is 2.33. The molecule has 4 aromatic rings. The standard InChI is InChI=1S/C26H20ClFO6/c1-3-32-26(30)25-23(18-6-4-5-7-21(18)31-2)24(29)19-11-10-17(13-22(19)34-25)33-14-15-8-9-16(28)12-20(15)27/h4-13H,3,14H2,1-2H3. The van der Waals surface area contributed by atoms with E-state index in [1.807, 2.05) is 0 Å². The topological polar surface area (TPSA) is 75.0 Å². The molecule has 0 aliphatic heterocycles. The number of benzene rings is 3. The van der Waals surface area contributed by atoms with Crippen LogP contribution >= 0.6 is 11.6 Å². The van der Waals surface area contributed by atoms with Gasteiger partial charge in [0.1, 0.15) is 29.5 Å². The Bertz CT molecular complexity index is 1430. The fourth-order valence-corrected chi connectivity index (χ4v) is 3.72. The van der Waals surface area contributed by atoms with Crippen molar-refractivity contribution in [3.63, 3.8) is 0 Å². The number of halogens is 2. The van der Waals surface area contributed by atoms with Crippen LogP contribution in [0, 0.1) is 5.82 Å². The molecule has 0 radical (unpaired) electrons. The number of carbonyl (C=O) groups excluding carboxylic acids is 1. The summed E-state index contributed by atoms with van der Waals surface area (Å²) < 4.78 is 35.4. The smallest absolute Gasteiger partial charge is 0.375 e. The van der Waals surface area contributed by atoms with E-state index in [4.69, 9.17) is 30.2 Å². The lowest BCUT2D eigenvalue weighted by atomic mass is 10.0. The van der Waals surface area contributed by atoms with Gasteiger partial charge in [0, 0.05) is 17.2 Å². The summed E-state index contributed by atoms with van der Waals surface area (Å²) >= 11 is 6.06. The molecule has 1 aromatic heterocycles. The van der Waals surface area contributed by atoms with Gasteiger partial charge in [-0.15, -0.1) is 0 Å². The molecular weight excluding hydrogens is 463 g/mol. The summed E-state index contributed by atoms with van der Waals surface area (Å²) in [4.78, 5) is 26.2. The monoisotopic (exact) mass is 482 g/mol. The van der Waals surface area contributed by atoms with E-state index in [9.17, 15) is 14.0 Å². The Labute approximate surface area is 199 Å². The first-order valence-corrected chi connectivity index (χ1v) is 10.8. The molecule has 4 rings (SSSR count). The van der Waals surface area contributed by atoms with Crippen molar-refractivity contribution in [1.29, 1.82) is 0 Å². The second kappa shape index (κ2) is 9.97. The normalized spacial score (nSPS) is 10.8. The quantitative estimate of drug-likeness (QED) is 0.300. The fourth-order valence-electron chi connectivity index (χ4n) is 3.50. The van der Waals surface area contributed by atoms with Gasteiger partial charge in [0.2, 0.25) is 11.2 Å². The molecule has 0 spiro atoms. The third-order valence-electron chi connectivity index (χ3n) is 5.11. The van der Waals surface area contributed by atoms with Gasteiger partial charge >= 0.3 is 5.97 Å². The van der Waals surface area contributed by atoms with Crippen LogP contribution < -0.4 is 14.9 Å². The van der Waals surface area contributed by atoms with E-state index >= 15 is 0 Å². The van der Waals surface area contributed by atoms with Crippen LogP contribution in [-0.2, 0) is 11.3 Å². The molecular formula is C26H20ClFO6. The Kier molecular flexibility index (Phi) is 6.84. The van der Waals surface area contributed by atoms with E-state index in [0.29, 0.717) is 22.6 Å². The first-order chi connectivity index (χ1) is 16.4. The lowest BCUT2D eigenvalue weighted by Crippen LogP contribution is -2.15. The summed E-state index contributed by atoms with van der Waals surface area (Å²) in [7, 11) is 1.47. The molecule has 0 saturated carbocycles. The Hall–Kier alpha value is -3.84. The minimum Gasteiger partial charge on any atom is -0.496 e. The van der Waals surface area contributed by atoms with Crippen molar-refractivity contribution < 1.29 is 27.8 Å². The second-order valence-electron chi connectivity index (χ2n) is 7.24. The number of hydrogen-bond acceptors (Lipinski definition) is 6. The summed E-state index contributed by atoms with van der Waals surface area (Å²) in [6.07, 6.45) is 0. The molecule has 8 heteroatoms. The summed E-state index contributed by atoms with van der Waals surface area (Å²) in [5.74, 6) is -0.667. The molecule has 34 heavy (non-hydrogen) atoms. The molecule has 0 aliphatic rings. The van der Waals surface area contributed by atoms with Crippen molar-refractivity contribution >= 4 is 28.5 Å². The van der Waals surface area contributed by atoms with Crippen LogP contribution in [0.1, 0.15) is 23.0 Å². The maximum Gasteiger partial charge on any atom is 0.375 e. The maximum atomic E-state index is 13.5. The average Bonchev–Trinajstić information content (AvgIpc) is 2.83. The lowest BCUT2D eigenvalue weighted by Gasteiger charge is -2.13. The van der Waals surface area contributed by atoms with E-state index in [-0.39, 0.29) is 40.5 Å². The van der Waals surface area contributed by atoms with Gasteiger partial charge in [0.25, 0.3) is 0 Å². The fraction of sp³-hybridized carbons (Fsp3) is 0.154. The molecule has 0 aliphatic carbocycles. The van der Waals surface area contributed by atoms with Gasteiger partial charge in [-0.3, -0.25) is 4.79 Å². The number of fused-ring (bicyclic) bond motifs is 1. The van der Waals surface area contributed by atoms with E-state index in [1.54, 1.807) is 43.3 Å². The van der Waals surface area contributed by atoms with Crippen LogP contribution in [0.3, 0.4) is 0 Å². The number of ether oxygens (including phenoxy) is 3. The van der Waals surface area contributed by atoms with E-state index in [0.717, 1.165) is 0 Å². The number of rotatable bonds is 7. The largest absolute Gasteiger partial charge is 0.496 e. The van der Waals surface area contributed by atoms with Crippen molar-refractivity contribution in [3.05, 3.63) is 93.1 Å². The molecule has 0 atom stereocenters. The molecule has 0 bridgehead atoms. The van der Waals surface area contributed by atoms with Crippen molar-refractivity contribution in [2.75, 3.05) is 13.7 Å². The summed E-state index contributed by atoms with van der Waals surface area (Å²) in [5.41, 5.74) is 0.782. The predicted octanol–water partition coefficient (Wildman–Crippen LogP) is 6.02. The van der Waals surface area contributed by atoms with Crippen LogP contribution in [-0.4, -0.2) is 19.7 Å². The van der Waals surface area contributed by atoms with Gasteiger partial charge in [-0.2, -0.15) is 0 Å². The van der Waals surface area contributed by atoms with Crippen molar-refractivity contribution in [2.45, 2.75) is 13.5 Å². The van der Waals surface area contributed by atoms with E-state index in [2.05, 4.69) is 0 Å². The second-order valence-corrected chi connectivity index (χ2v) is 7.65. The number of hydrogen-bond donors (Lipinski definition) is 0. The lowest BCUT2D eigenvalue weighted by molar-refractivity contribution is 0.0492. The molecule has 0 unspecified atom stereocenters. The van der Waals surface area contributed by atoms with Crippen molar-refractivity contribution in [3.8, 4) is 22.6 Å². The highest BCUT2D eigenvalue weighted by Gasteiger charge is 2.25. The van der Waals surface area contributed by atoms with Crippen molar-refractivity contribution in [2.24, 2.45) is 0 Å². The van der Waals surface area contributed by atoms with Crippen LogP contribution in [0.4, 0.5) is 4.39 Å². The summed E-state index contributed by atoms with van der Waals surface area (Å²) in [5, 5.41) is 0.486. The minimum absolute atomic E-state index is 0.0511. The molecule has 0 saturated heterocycles. The van der Waals surface area contributed by atoms with E-state index in [1.165, 1.54) is 31.4 Å². The zero-order valence-corrected chi connectivity index (χ0v) is 19.1. The zero-order valence-electron chi connectivity index (χ0n) is 18.4. The molecule has 0 N–H and O–H groups in total. The SMILES string of the molecule is CCOC(=O)c1oc2cc(OCc3ccc(F)cc3Cl)ccc2c(=O)c1-c1ccccc1OC. The molecule has 0 fully saturated rings. The van der Waals surface area contributed by atoms with Gasteiger partial charge in [0.05, 0.1) is 29.7 Å². The third-order valence-corrected chi connectivity index (χ3v) is 5.46. The Morgan fingerprint density at radius 3 is 2.62 bits per heavy atom. The number of carbonyl (C=O) groups is 1. The first kappa shape index (κ1) is 23.3. The first-order valence-electron chi connectivity index (χ1n) is 10.4. The summed E-state index contributed by atoms with van der Waals surface area (Å²) in [6, 6.07) is 15.5. The molecule has 3 aromatic carbocycles. The van der Waals surface area contributed by atoms with Crippen LogP contribution in [0.2, 0.25) is 5.02 Å². The Morgan fingerprint density at radius 1 is 1.09 bits per heavy atom. The Balaban J connectivity index is 1.80. The molecule has 1 heterocycles. The van der Waals surface area contributed by atoms with Gasteiger partial charge in [-0.1, -0.05) is 35.9 Å². The van der Waals surface area contributed by atoms with Gasteiger partial charge < -0.3 is 18.6 Å². The highest BCUT2D eigenvalue weighted by molar-refractivity contribution is 6.31. The number of esters is 1. The molecule has 6 nitrogen and oxygen atoms in total. The van der Waals surface area contributed by atoms with Crippen LogP contribution in [0.15, 0.2) is 69.9 Å².